The van der Waals surface area contributed by atoms with E-state index in [2.05, 4.69) is 19.1 Å². The fourth-order valence-corrected chi connectivity index (χ4v) is 4.30. The van der Waals surface area contributed by atoms with Gasteiger partial charge in [-0.15, -0.1) is 0 Å². The van der Waals surface area contributed by atoms with Gasteiger partial charge in [-0.3, -0.25) is 14.5 Å². The standard InChI is InChI=1S/C27H25NO4S/c1-19-5-3-7-22(15-19)18-32-23-11-9-21(10-12-23)17-25-26(29)28(27(30)33-25)13-14-31-24-8-4-6-20(2)16-24/h3-12,15-17H,13-14,18H2,1-2H3/b25-17-. The van der Waals surface area contributed by atoms with Crippen molar-refractivity contribution in [2.75, 3.05) is 13.2 Å². The predicted octanol–water partition coefficient (Wildman–Crippen LogP) is 6.00. The Kier molecular flexibility index (Phi) is 7.15. The molecule has 6 heteroatoms. The normalized spacial score (nSPS) is 14.7. The van der Waals surface area contributed by atoms with E-state index in [0.29, 0.717) is 11.5 Å². The number of nitrogens with zero attached hydrogens (tertiary/aromatic N) is 1. The molecular formula is C27H25NO4S. The summed E-state index contributed by atoms with van der Waals surface area (Å²) < 4.78 is 11.5. The van der Waals surface area contributed by atoms with E-state index in [4.69, 9.17) is 9.47 Å². The van der Waals surface area contributed by atoms with E-state index in [0.717, 1.165) is 40.0 Å². The van der Waals surface area contributed by atoms with Crippen LogP contribution in [0.15, 0.2) is 77.7 Å². The molecule has 4 rings (SSSR count). The maximum absolute atomic E-state index is 12.7. The molecule has 0 bridgehead atoms. The third-order valence-electron chi connectivity index (χ3n) is 5.11. The van der Waals surface area contributed by atoms with Gasteiger partial charge in [-0.25, -0.2) is 0 Å². The molecule has 3 aromatic carbocycles. The highest BCUT2D eigenvalue weighted by Gasteiger charge is 2.34. The van der Waals surface area contributed by atoms with E-state index < -0.39 is 0 Å². The second-order valence-corrected chi connectivity index (χ2v) is 8.84. The number of carbonyl (C=O) groups excluding carboxylic acids is 2. The number of hydrogen-bond acceptors (Lipinski definition) is 5. The molecule has 1 aliphatic rings. The van der Waals surface area contributed by atoms with E-state index in [-0.39, 0.29) is 24.3 Å². The van der Waals surface area contributed by atoms with Crippen LogP contribution in [-0.4, -0.2) is 29.2 Å². The van der Waals surface area contributed by atoms with Gasteiger partial charge in [0.1, 0.15) is 24.7 Å². The number of imide groups is 1. The van der Waals surface area contributed by atoms with Gasteiger partial charge in [0.05, 0.1) is 11.4 Å². The number of thioether (sulfide) groups is 1. The van der Waals surface area contributed by atoms with Crippen LogP contribution < -0.4 is 9.47 Å². The Labute approximate surface area is 198 Å². The molecule has 3 aromatic rings. The zero-order chi connectivity index (χ0) is 23.2. The van der Waals surface area contributed by atoms with Gasteiger partial charge in [-0.1, -0.05) is 54.1 Å². The highest BCUT2D eigenvalue weighted by molar-refractivity contribution is 8.18. The Hall–Kier alpha value is -3.51. The molecule has 0 aliphatic carbocycles. The maximum Gasteiger partial charge on any atom is 0.293 e. The average molecular weight is 460 g/mol. The summed E-state index contributed by atoms with van der Waals surface area (Å²) >= 11 is 0.950. The van der Waals surface area contributed by atoms with E-state index in [1.54, 1.807) is 6.08 Å². The summed E-state index contributed by atoms with van der Waals surface area (Å²) in [6.07, 6.45) is 1.73. The minimum absolute atomic E-state index is 0.210. The summed E-state index contributed by atoms with van der Waals surface area (Å²) in [5.41, 5.74) is 4.23. The molecule has 1 aliphatic heterocycles. The van der Waals surface area contributed by atoms with Crippen LogP contribution in [-0.2, 0) is 11.4 Å². The van der Waals surface area contributed by atoms with Crippen molar-refractivity contribution >= 4 is 29.0 Å². The molecule has 1 saturated heterocycles. The van der Waals surface area contributed by atoms with Crippen LogP contribution in [0.5, 0.6) is 11.5 Å². The largest absolute Gasteiger partial charge is 0.492 e. The van der Waals surface area contributed by atoms with Gasteiger partial charge >= 0.3 is 0 Å². The van der Waals surface area contributed by atoms with Crippen LogP contribution in [0.3, 0.4) is 0 Å². The first kappa shape index (κ1) is 22.7. The number of amides is 2. The van der Waals surface area contributed by atoms with E-state index in [9.17, 15) is 9.59 Å². The van der Waals surface area contributed by atoms with Crippen LogP contribution in [0.1, 0.15) is 22.3 Å². The molecule has 0 spiro atoms. The molecule has 0 atom stereocenters. The van der Waals surface area contributed by atoms with Gasteiger partial charge in [-0.2, -0.15) is 0 Å². The molecule has 2 amide bonds. The van der Waals surface area contributed by atoms with E-state index >= 15 is 0 Å². The topological polar surface area (TPSA) is 55.8 Å². The van der Waals surface area contributed by atoms with Crippen LogP contribution >= 0.6 is 11.8 Å². The Bertz CT molecular complexity index is 1190. The number of benzene rings is 3. The number of rotatable bonds is 8. The molecule has 1 heterocycles. The van der Waals surface area contributed by atoms with Crippen LogP contribution in [0.4, 0.5) is 4.79 Å². The quantitative estimate of drug-likeness (QED) is 0.387. The highest BCUT2D eigenvalue weighted by Crippen LogP contribution is 2.32. The van der Waals surface area contributed by atoms with Crippen LogP contribution in [0.2, 0.25) is 0 Å². The first-order chi connectivity index (χ1) is 16.0. The van der Waals surface area contributed by atoms with Crippen molar-refractivity contribution in [1.29, 1.82) is 0 Å². The lowest BCUT2D eigenvalue weighted by Gasteiger charge is -2.13. The lowest BCUT2D eigenvalue weighted by molar-refractivity contribution is -0.123. The lowest BCUT2D eigenvalue weighted by Crippen LogP contribution is -2.32. The lowest BCUT2D eigenvalue weighted by atomic mass is 10.1. The first-order valence-electron chi connectivity index (χ1n) is 10.7. The Morgan fingerprint density at radius 1 is 0.848 bits per heavy atom. The van der Waals surface area contributed by atoms with Crippen molar-refractivity contribution in [2.45, 2.75) is 20.5 Å². The first-order valence-corrected chi connectivity index (χ1v) is 11.5. The molecule has 0 N–H and O–H groups in total. The van der Waals surface area contributed by atoms with E-state index in [1.165, 1.54) is 10.5 Å². The molecule has 33 heavy (non-hydrogen) atoms. The molecule has 0 unspecified atom stereocenters. The third kappa shape index (κ3) is 6.05. The van der Waals surface area contributed by atoms with Crippen LogP contribution in [0.25, 0.3) is 6.08 Å². The third-order valence-corrected chi connectivity index (χ3v) is 6.02. The fraction of sp³-hybridized carbons (Fsp3) is 0.185. The molecular weight excluding hydrogens is 434 g/mol. The number of ether oxygens (including phenoxy) is 2. The van der Waals surface area contributed by atoms with Crippen molar-refractivity contribution in [3.8, 4) is 11.5 Å². The number of carbonyl (C=O) groups is 2. The van der Waals surface area contributed by atoms with Crippen molar-refractivity contribution in [3.63, 3.8) is 0 Å². The zero-order valence-corrected chi connectivity index (χ0v) is 19.4. The van der Waals surface area contributed by atoms with Crippen LogP contribution in [0, 0.1) is 13.8 Å². The second-order valence-electron chi connectivity index (χ2n) is 7.85. The van der Waals surface area contributed by atoms with Gasteiger partial charge in [0, 0.05) is 0 Å². The second kappa shape index (κ2) is 10.4. The summed E-state index contributed by atoms with van der Waals surface area (Å²) in [6, 6.07) is 23.3. The Morgan fingerprint density at radius 3 is 2.30 bits per heavy atom. The Balaban J connectivity index is 1.32. The van der Waals surface area contributed by atoms with Gasteiger partial charge < -0.3 is 9.47 Å². The van der Waals surface area contributed by atoms with Gasteiger partial charge in [-0.05, 0) is 72.6 Å². The number of hydrogen-bond donors (Lipinski definition) is 0. The molecule has 5 nitrogen and oxygen atoms in total. The summed E-state index contributed by atoms with van der Waals surface area (Å²) in [4.78, 5) is 26.7. The molecule has 1 fully saturated rings. The SMILES string of the molecule is Cc1cccc(COc2ccc(/C=C3\SC(=O)N(CCOc4cccc(C)c4)C3=O)cc2)c1. The zero-order valence-electron chi connectivity index (χ0n) is 18.6. The molecule has 0 aromatic heterocycles. The molecule has 0 radical (unpaired) electrons. The minimum atomic E-state index is -0.294. The minimum Gasteiger partial charge on any atom is -0.492 e. The predicted molar refractivity (Wildman–Crippen MR) is 131 cm³/mol. The summed E-state index contributed by atoms with van der Waals surface area (Å²) in [6.45, 7) is 4.99. The average Bonchev–Trinajstić information content (AvgIpc) is 3.06. The van der Waals surface area contributed by atoms with Crippen molar-refractivity contribution in [1.82, 2.24) is 4.90 Å². The number of aryl methyl sites for hydroxylation is 2. The van der Waals surface area contributed by atoms with Gasteiger partial charge in [0.15, 0.2) is 0 Å². The smallest absolute Gasteiger partial charge is 0.293 e. The molecule has 0 saturated carbocycles. The highest BCUT2D eigenvalue weighted by atomic mass is 32.2. The van der Waals surface area contributed by atoms with Gasteiger partial charge in [0.2, 0.25) is 0 Å². The summed E-state index contributed by atoms with van der Waals surface area (Å²) in [7, 11) is 0. The van der Waals surface area contributed by atoms with Crippen molar-refractivity contribution in [2.24, 2.45) is 0 Å². The molecule has 168 valence electrons. The monoisotopic (exact) mass is 459 g/mol. The van der Waals surface area contributed by atoms with E-state index in [1.807, 2.05) is 67.6 Å². The van der Waals surface area contributed by atoms with Gasteiger partial charge in [0.25, 0.3) is 11.1 Å². The van der Waals surface area contributed by atoms with Crippen molar-refractivity contribution in [3.05, 3.63) is 100.0 Å². The fourth-order valence-electron chi connectivity index (χ4n) is 3.43. The summed E-state index contributed by atoms with van der Waals surface area (Å²) in [5.74, 6) is 1.18. The Morgan fingerprint density at radius 2 is 1.58 bits per heavy atom. The van der Waals surface area contributed by atoms with Crippen molar-refractivity contribution < 1.29 is 19.1 Å². The summed E-state index contributed by atoms with van der Waals surface area (Å²) in [5, 5.41) is -0.280. The maximum atomic E-state index is 12.7.